The van der Waals surface area contributed by atoms with Crippen molar-refractivity contribution >= 4 is 28.8 Å². The predicted octanol–water partition coefficient (Wildman–Crippen LogP) is 4.00. The molecule has 0 aliphatic carbocycles. The Morgan fingerprint density at radius 3 is 2.62 bits per heavy atom. The summed E-state index contributed by atoms with van der Waals surface area (Å²) in [6.45, 7) is 9.24. The van der Waals surface area contributed by atoms with Crippen LogP contribution in [0.25, 0.3) is 11.0 Å². The maximum atomic E-state index is 11.5. The van der Waals surface area contributed by atoms with Crippen molar-refractivity contribution in [1.82, 2.24) is 9.55 Å². The molecule has 0 radical (unpaired) electrons. The van der Waals surface area contributed by atoms with E-state index >= 15 is 0 Å². The number of benzene rings is 1. The molecule has 2 aromatic rings. The number of aromatic carboxylic acids is 1. The Hall–Kier alpha value is -1.49. The Labute approximate surface area is 129 Å². The first-order valence-electron chi connectivity index (χ1n) is 7.04. The molecular formula is C16H22N2O2S. The van der Waals surface area contributed by atoms with Gasteiger partial charge in [-0.15, -0.1) is 0 Å². The number of aromatic nitrogens is 2. The van der Waals surface area contributed by atoms with Gasteiger partial charge in [0, 0.05) is 17.2 Å². The monoisotopic (exact) mass is 306 g/mol. The van der Waals surface area contributed by atoms with Crippen molar-refractivity contribution in [2.75, 3.05) is 6.26 Å². The van der Waals surface area contributed by atoms with Crippen molar-refractivity contribution in [3.8, 4) is 0 Å². The fourth-order valence-corrected chi connectivity index (χ4v) is 2.68. The summed E-state index contributed by atoms with van der Waals surface area (Å²) >= 11 is 1.77. The summed E-state index contributed by atoms with van der Waals surface area (Å²) in [6.07, 6.45) is 2.08. The van der Waals surface area contributed by atoms with Crippen molar-refractivity contribution in [3.05, 3.63) is 29.6 Å². The zero-order valence-electron chi connectivity index (χ0n) is 13.2. The number of carbonyl (C=O) groups is 1. The predicted molar refractivity (Wildman–Crippen MR) is 88.4 cm³/mol. The highest BCUT2D eigenvalue weighted by Gasteiger charge is 2.24. The lowest BCUT2D eigenvalue weighted by Crippen LogP contribution is -2.24. The van der Waals surface area contributed by atoms with E-state index < -0.39 is 5.97 Å². The molecule has 0 fully saturated rings. The van der Waals surface area contributed by atoms with E-state index in [2.05, 4.69) is 43.5 Å². The molecule has 1 aromatic carbocycles. The van der Waals surface area contributed by atoms with Crippen molar-refractivity contribution in [3.63, 3.8) is 0 Å². The van der Waals surface area contributed by atoms with Gasteiger partial charge in [-0.2, -0.15) is 11.8 Å². The zero-order chi connectivity index (χ0) is 15.8. The standard InChI is InChI=1S/C16H22N2O2S/c1-10(2)14-17-12-8-6-7-11(15(19)20)13(12)18(14)9-16(3,4)21-5/h6-8,10H,9H2,1-5H3,(H,19,20). The molecule has 0 aliphatic heterocycles. The highest BCUT2D eigenvalue weighted by atomic mass is 32.2. The van der Waals surface area contributed by atoms with Crippen LogP contribution in [0.1, 0.15) is 49.8 Å². The quantitative estimate of drug-likeness (QED) is 0.907. The molecule has 1 heterocycles. The summed E-state index contributed by atoms with van der Waals surface area (Å²) in [5.74, 6) is 0.288. The van der Waals surface area contributed by atoms with Gasteiger partial charge in [-0.25, -0.2) is 9.78 Å². The maximum Gasteiger partial charge on any atom is 0.337 e. The van der Waals surface area contributed by atoms with Crippen LogP contribution in [-0.4, -0.2) is 31.6 Å². The molecule has 1 N–H and O–H groups in total. The third kappa shape index (κ3) is 3.07. The van der Waals surface area contributed by atoms with Gasteiger partial charge in [0.2, 0.25) is 0 Å². The summed E-state index contributed by atoms with van der Waals surface area (Å²) in [5, 5.41) is 9.46. The Bertz CT molecular complexity index is 674. The van der Waals surface area contributed by atoms with Crippen molar-refractivity contribution < 1.29 is 9.90 Å². The molecular weight excluding hydrogens is 284 g/mol. The van der Waals surface area contributed by atoms with Crippen LogP contribution in [0, 0.1) is 0 Å². The number of carboxylic acids is 1. The van der Waals surface area contributed by atoms with Crippen molar-refractivity contribution in [2.45, 2.75) is 44.9 Å². The lowest BCUT2D eigenvalue weighted by Gasteiger charge is -2.25. The third-order valence-electron chi connectivity index (χ3n) is 3.63. The summed E-state index contributed by atoms with van der Waals surface area (Å²) in [5.41, 5.74) is 1.81. The number of imidazole rings is 1. The minimum absolute atomic E-state index is 0.0168. The summed E-state index contributed by atoms with van der Waals surface area (Å²) in [7, 11) is 0. The molecule has 0 aliphatic rings. The molecule has 0 atom stereocenters. The third-order valence-corrected chi connectivity index (χ3v) is 4.87. The fourth-order valence-electron chi connectivity index (χ4n) is 2.42. The van der Waals surface area contributed by atoms with Gasteiger partial charge < -0.3 is 9.67 Å². The van der Waals surface area contributed by atoms with Crippen LogP contribution in [-0.2, 0) is 6.54 Å². The SMILES string of the molecule is CSC(C)(C)Cn1c(C(C)C)nc2cccc(C(=O)O)c21. The number of thioether (sulfide) groups is 1. The molecule has 4 nitrogen and oxygen atoms in total. The van der Waals surface area contributed by atoms with Crippen molar-refractivity contribution in [1.29, 1.82) is 0 Å². The van der Waals surface area contributed by atoms with Gasteiger partial charge in [-0.05, 0) is 32.2 Å². The number of hydrogen-bond donors (Lipinski definition) is 1. The number of fused-ring (bicyclic) bond motifs is 1. The lowest BCUT2D eigenvalue weighted by molar-refractivity contribution is 0.0698. The Morgan fingerprint density at radius 2 is 2.10 bits per heavy atom. The van der Waals surface area contributed by atoms with E-state index in [0.717, 1.165) is 23.4 Å². The zero-order valence-corrected chi connectivity index (χ0v) is 14.0. The van der Waals surface area contributed by atoms with Gasteiger partial charge in [0.15, 0.2) is 0 Å². The second-order valence-corrected chi connectivity index (χ2v) is 7.67. The van der Waals surface area contributed by atoms with Crippen LogP contribution < -0.4 is 0 Å². The maximum absolute atomic E-state index is 11.5. The number of nitrogens with zero attached hydrogens (tertiary/aromatic N) is 2. The first kappa shape index (κ1) is 15.9. The van der Waals surface area contributed by atoms with Gasteiger partial charge >= 0.3 is 5.97 Å². The highest BCUT2D eigenvalue weighted by Crippen LogP contribution is 2.30. The van der Waals surface area contributed by atoms with Gasteiger partial charge in [0.1, 0.15) is 5.82 Å². The Kier molecular flexibility index (Phi) is 4.33. The lowest BCUT2D eigenvalue weighted by atomic mass is 10.1. The minimum atomic E-state index is -0.904. The summed E-state index contributed by atoms with van der Waals surface area (Å²) < 4.78 is 2.10. The van der Waals surface area contributed by atoms with Crippen LogP contribution in [0.3, 0.4) is 0 Å². The molecule has 5 heteroatoms. The van der Waals surface area contributed by atoms with Crippen LogP contribution in [0.5, 0.6) is 0 Å². The fraction of sp³-hybridized carbons (Fsp3) is 0.500. The molecule has 1 aromatic heterocycles. The second-order valence-electron chi connectivity index (χ2n) is 6.15. The van der Waals surface area contributed by atoms with E-state index in [1.54, 1.807) is 23.9 Å². The van der Waals surface area contributed by atoms with E-state index in [1.807, 2.05) is 6.07 Å². The van der Waals surface area contributed by atoms with Gasteiger partial charge in [0.25, 0.3) is 0 Å². The molecule has 0 bridgehead atoms. The van der Waals surface area contributed by atoms with Crippen molar-refractivity contribution in [2.24, 2.45) is 0 Å². The van der Waals surface area contributed by atoms with Crippen LogP contribution >= 0.6 is 11.8 Å². The first-order valence-corrected chi connectivity index (χ1v) is 8.27. The van der Waals surface area contributed by atoms with E-state index in [-0.39, 0.29) is 10.7 Å². The largest absolute Gasteiger partial charge is 0.478 e. The van der Waals surface area contributed by atoms with E-state index in [0.29, 0.717) is 5.56 Å². The summed E-state index contributed by atoms with van der Waals surface area (Å²) in [4.78, 5) is 16.2. The highest BCUT2D eigenvalue weighted by molar-refractivity contribution is 7.99. The molecule has 0 amide bonds. The molecule has 0 unspecified atom stereocenters. The van der Waals surface area contributed by atoms with Gasteiger partial charge in [0.05, 0.1) is 16.6 Å². The van der Waals surface area contributed by atoms with E-state index in [4.69, 9.17) is 0 Å². The Balaban J connectivity index is 2.74. The first-order chi connectivity index (χ1) is 9.76. The number of rotatable bonds is 5. The number of para-hydroxylation sites is 1. The Morgan fingerprint density at radius 1 is 1.43 bits per heavy atom. The average Bonchev–Trinajstić information content (AvgIpc) is 2.77. The second kappa shape index (κ2) is 5.72. The number of hydrogen-bond acceptors (Lipinski definition) is 3. The molecule has 0 saturated carbocycles. The van der Waals surface area contributed by atoms with Gasteiger partial charge in [-0.1, -0.05) is 19.9 Å². The van der Waals surface area contributed by atoms with E-state index in [1.165, 1.54) is 0 Å². The average molecular weight is 306 g/mol. The molecule has 21 heavy (non-hydrogen) atoms. The van der Waals surface area contributed by atoms with Crippen LogP contribution in [0.2, 0.25) is 0 Å². The summed E-state index contributed by atoms with van der Waals surface area (Å²) in [6, 6.07) is 5.29. The molecule has 2 rings (SSSR count). The number of carboxylic acid groups (broad SMARTS) is 1. The van der Waals surface area contributed by atoms with Crippen LogP contribution in [0.4, 0.5) is 0 Å². The topological polar surface area (TPSA) is 55.1 Å². The molecule has 0 spiro atoms. The van der Waals surface area contributed by atoms with Gasteiger partial charge in [-0.3, -0.25) is 0 Å². The molecule has 114 valence electrons. The van der Waals surface area contributed by atoms with Crippen LogP contribution in [0.15, 0.2) is 18.2 Å². The minimum Gasteiger partial charge on any atom is -0.478 e. The van der Waals surface area contributed by atoms with E-state index in [9.17, 15) is 9.90 Å². The molecule has 0 saturated heterocycles. The normalized spacial score (nSPS) is 12.3. The smallest absolute Gasteiger partial charge is 0.337 e.